The van der Waals surface area contributed by atoms with Crippen LogP contribution in [0.1, 0.15) is 34.8 Å². The fourth-order valence-corrected chi connectivity index (χ4v) is 4.51. The second kappa shape index (κ2) is 6.71. The Morgan fingerprint density at radius 1 is 1.04 bits per heavy atom. The Morgan fingerprint density at radius 3 is 2.15 bits per heavy atom. The molecule has 9 heteroatoms. The van der Waals surface area contributed by atoms with Crippen molar-refractivity contribution in [3.63, 3.8) is 0 Å². The Hall–Kier alpha value is -2.42. The third kappa shape index (κ3) is 3.57. The van der Waals surface area contributed by atoms with Crippen molar-refractivity contribution in [1.29, 1.82) is 0 Å². The topological polar surface area (TPSA) is 84.3 Å². The first-order valence-corrected chi connectivity index (χ1v) is 9.59. The van der Waals surface area contributed by atoms with Crippen molar-refractivity contribution in [2.45, 2.75) is 18.8 Å². The minimum atomic E-state index is -3.12. The Morgan fingerprint density at radius 2 is 1.62 bits per heavy atom. The summed E-state index contributed by atoms with van der Waals surface area (Å²) >= 11 is 0. The number of aromatic carboxylic acids is 1. The first-order valence-electron chi connectivity index (χ1n) is 7.77. The number of nitrogens with zero attached hydrogens (tertiary/aromatic N) is 1. The molecule has 5 nitrogen and oxygen atoms in total. The Balaban J connectivity index is 2.01. The molecule has 0 amide bonds. The van der Waals surface area contributed by atoms with Gasteiger partial charge in [-0.3, -0.25) is 0 Å². The molecule has 0 bridgehead atoms. The molecule has 2 aromatic rings. The lowest BCUT2D eigenvalue weighted by Crippen LogP contribution is -2.22. The van der Waals surface area contributed by atoms with Crippen molar-refractivity contribution in [3.05, 3.63) is 53.0 Å². The fraction of sp³-hybridized carbons (Fsp3) is 0.294. The van der Waals surface area contributed by atoms with Gasteiger partial charge >= 0.3 is 5.97 Å². The van der Waals surface area contributed by atoms with E-state index in [4.69, 9.17) is 5.11 Å². The number of sulfone groups is 1. The summed E-state index contributed by atoms with van der Waals surface area (Å²) in [5.74, 6) is -5.10. The van der Waals surface area contributed by atoms with Crippen LogP contribution in [0.2, 0.25) is 0 Å². The molecule has 3 rings (SSSR count). The number of aromatic nitrogens is 1. The summed E-state index contributed by atoms with van der Waals surface area (Å²) in [6.45, 7) is 0. The molecule has 1 aliphatic rings. The van der Waals surface area contributed by atoms with Crippen molar-refractivity contribution in [2.75, 3.05) is 11.5 Å². The Labute approximate surface area is 147 Å². The number of carboxylic acid groups (broad SMARTS) is 1. The van der Waals surface area contributed by atoms with Crippen LogP contribution in [0.25, 0.3) is 11.3 Å². The van der Waals surface area contributed by atoms with Gasteiger partial charge in [0.2, 0.25) is 0 Å². The lowest BCUT2D eigenvalue weighted by molar-refractivity contribution is 0.0690. The molecule has 1 N–H and O–H groups in total. The zero-order valence-electron chi connectivity index (χ0n) is 13.4. The quantitative estimate of drug-likeness (QED) is 0.877. The molecule has 1 saturated heterocycles. The van der Waals surface area contributed by atoms with Crippen molar-refractivity contribution in [3.8, 4) is 11.3 Å². The van der Waals surface area contributed by atoms with E-state index in [1.807, 2.05) is 0 Å². The van der Waals surface area contributed by atoms with Gasteiger partial charge in [0, 0.05) is 0 Å². The van der Waals surface area contributed by atoms with Gasteiger partial charge in [0.25, 0.3) is 0 Å². The lowest BCUT2D eigenvalue weighted by atomic mass is 9.92. The zero-order valence-corrected chi connectivity index (χ0v) is 14.2. The molecular formula is C17H14F3NO4S. The SMILES string of the molecule is O=C(O)c1ccc(F)c(-c2c(F)cc(C3CCS(=O)(=O)CC3)cc2F)n1. The van der Waals surface area contributed by atoms with Crippen LogP contribution in [0.15, 0.2) is 24.3 Å². The van der Waals surface area contributed by atoms with E-state index in [9.17, 15) is 26.4 Å². The van der Waals surface area contributed by atoms with E-state index in [0.717, 1.165) is 24.3 Å². The minimum Gasteiger partial charge on any atom is -0.477 e. The molecule has 1 aromatic heterocycles. The summed E-state index contributed by atoms with van der Waals surface area (Å²) in [5, 5.41) is 8.92. The molecule has 0 aliphatic carbocycles. The van der Waals surface area contributed by atoms with Crippen LogP contribution in [0.5, 0.6) is 0 Å². The van der Waals surface area contributed by atoms with Crippen molar-refractivity contribution >= 4 is 15.8 Å². The van der Waals surface area contributed by atoms with Crippen LogP contribution < -0.4 is 0 Å². The van der Waals surface area contributed by atoms with Crippen LogP contribution in [0.4, 0.5) is 13.2 Å². The molecule has 0 unspecified atom stereocenters. The maximum Gasteiger partial charge on any atom is 0.354 e. The lowest BCUT2D eigenvalue weighted by Gasteiger charge is -2.23. The number of hydrogen-bond donors (Lipinski definition) is 1. The number of halogens is 3. The van der Waals surface area contributed by atoms with Crippen LogP contribution in [-0.2, 0) is 9.84 Å². The molecule has 1 aliphatic heterocycles. The maximum absolute atomic E-state index is 14.5. The molecule has 0 radical (unpaired) electrons. The van der Waals surface area contributed by atoms with Crippen molar-refractivity contribution < 1.29 is 31.5 Å². The average molecular weight is 385 g/mol. The summed E-state index contributed by atoms with van der Waals surface area (Å²) in [6.07, 6.45) is 0.503. The van der Waals surface area contributed by atoms with Gasteiger partial charge in [-0.1, -0.05) is 0 Å². The number of pyridine rings is 1. The first-order chi connectivity index (χ1) is 12.2. The van der Waals surface area contributed by atoms with Gasteiger partial charge in [0.15, 0.2) is 0 Å². The van der Waals surface area contributed by atoms with Gasteiger partial charge in [-0.15, -0.1) is 0 Å². The normalized spacial score (nSPS) is 17.2. The fourth-order valence-electron chi connectivity index (χ4n) is 3.01. The summed E-state index contributed by atoms with van der Waals surface area (Å²) in [6, 6.07) is 3.73. The average Bonchev–Trinajstić information content (AvgIpc) is 2.55. The molecule has 1 aromatic carbocycles. The van der Waals surface area contributed by atoms with Crippen LogP contribution in [0, 0.1) is 17.5 Å². The summed E-state index contributed by atoms with van der Waals surface area (Å²) in [4.78, 5) is 14.4. The Bertz CT molecular complexity index is 954. The van der Waals surface area contributed by atoms with E-state index in [1.54, 1.807) is 0 Å². The summed E-state index contributed by atoms with van der Waals surface area (Å²) in [5.41, 5.74) is -1.73. The van der Waals surface area contributed by atoms with E-state index in [2.05, 4.69) is 4.98 Å². The van der Waals surface area contributed by atoms with E-state index < -0.39 is 50.2 Å². The predicted molar refractivity (Wildman–Crippen MR) is 87.1 cm³/mol. The van der Waals surface area contributed by atoms with Gasteiger partial charge in [-0.25, -0.2) is 31.4 Å². The highest BCUT2D eigenvalue weighted by molar-refractivity contribution is 7.91. The molecule has 0 atom stereocenters. The summed E-state index contributed by atoms with van der Waals surface area (Å²) < 4.78 is 65.9. The third-order valence-electron chi connectivity index (χ3n) is 4.39. The third-order valence-corrected chi connectivity index (χ3v) is 6.11. The molecule has 0 saturated carbocycles. The zero-order chi connectivity index (χ0) is 19.1. The van der Waals surface area contributed by atoms with Gasteiger partial charge in [-0.2, -0.15) is 0 Å². The highest BCUT2D eigenvalue weighted by Crippen LogP contribution is 2.34. The minimum absolute atomic E-state index is 0.0561. The molecule has 26 heavy (non-hydrogen) atoms. The van der Waals surface area contributed by atoms with E-state index in [-0.39, 0.29) is 35.8 Å². The number of carboxylic acids is 1. The number of carbonyl (C=O) groups is 1. The van der Waals surface area contributed by atoms with Crippen molar-refractivity contribution in [1.82, 2.24) is 4.98 Å². The van der Waals surface area contributed by atoms with Gasteiger partial charge in [0.1, 0.15) is 38.7 Å². The highest BCUT2D eigenvalue weighted by atomic mass is 32.2. The monoisotopic (exact) mass is 385 g/mol. The molecule has 138 valence electrons. The standard InChI is InChI=1S/C17H14F3NO4S/c18-11-1-2-14(17(22)23)21-16(11)15-12(19)7-10(8-13(15)20)9-3-5-26(24,25)6-4-9/h1-2,7-9H,3-6H2,(H,22,23). The van der Waals surface area contributed by atoms with Crippen LogP contribution in [-0.4, -0.2) is 36.0 Å². The van der Waals surface area contributed by atoms with E-state index in [0.29, 0.717) is 0 Å². The van der Waals surface area contributed by atoms with Gasteiger partial charge in [-0.05, 0) is 48.6 Å². The van der Waals surface area contributed by atoms with Gasteiger partial charge in [0.05, 0.1) is 17.1 Å². The van der Waals surface area contributed by atoms with Crippen LogP contribution in [0.3, 0.4) is 0 Å². The number of hydrogen-bond acceptors (Lipinski definition) is 4. The molecular weight excluding hydrogens is 371 g/mol. The largest absolute Gasteiger partial charge is 0.477 e. The van der Waals surface area contributed by atoms with E-state index in [1.165, 1.54) is 0 Å². The first kappa shape index (κ1) is 18.4. The highest BCUT2D eigenvalue weighted by Gasteiger charge is 2.27. The Kier molecular flexibility index (Phi) is 4.74. The second-order valence-corrected chi connectivity index (χ2v) is 8.42. The van der Waals surface area contributed by atoms with Crippen molar-refractivity contribution in [2.24, 2.45) is 0 Å². The number of rotatable bonds is 3. The molecule has 1 fully saturated rings. The predicted octanol–water partition coefficient (Wildman–Crippen LogP) is 3.16. The van der Waals surface area contributed by atoms with Gasteiger partial charge < -0.3 is 5.11 Å². The second-order valence-electron chi connectivity index (χ2n) is 6.12. The summed E-state index contributed by atoms with van der Waals surface area (Å²) in [7, 11) is -3.12. The van der Waals surface area contributed by atoms with Crippen LogP contribution >= 0.6 is 0 Å². The van der Waals surface area contributed by atoms with E-state index >= 15 is 0 Å². The molecule has 2 heterocycles. The molecule has 0 spiro atoms. The maximum atomic E-state index is 14.5. The number of benzene rings is 1. The smallest absolute Gasteiger partial charge is 0.354 e.